The summed E-state index contributed by atoms with van der Waals surface area (Å²) in [7, 11) is 0. The van der Waals surface area contributed by atoms with Crippen molar-refractivity contribution in [2.24, 2.45) is 0 Å². The zero-order valence-electron chi connectivity index (χ0n) is 9.54. The maximum Gasteiger partial charge on any atom is 0.160 e. The van der Waals surface area contributed by atoms with Crippen LogP contribution in [-0.2, 0) is 6.54 Å². The van der Waals surface area contributed by atoms with Crippen LogP contribution < -0.4 is 0 Å². The largest absolute Gasteiger partial charge is 0.504 e. The van der Waals surface area contributed by atoms with Crippen LogP contribution in [0.15, 0.2) is 0 Å². The Bertz CT molecular complexity index is 302. The molecule has 0 fully saturated rings. The molecule has 0 spiro atoms. The predicted molar refractivity (Wildman–Crippen MR) is 57.6 cm³/mol. The third-order valence-corrected chi connectivity index (χ3v) is 2.47. The molecule has 1 rings (SSSR count). The quantitative estimate of drug-likeness (QED) is 0.804. The van der Waals surface area contributed by atoms with Crippen LogP contribution in [0.4, 0.5) is 0 Å². The van der Waals surface area contributed by atoms with Crippen molar-refractivity contribution in [3.63, 3.8) is 0 Å². The van der Waals surface area contributed by atoms with Crippen molar-refractivity contribution >= 4 is 0 Å². The molecule has 0 aliphatic carbocycles. The Morgan fingerprint density at radius 3 is 2.50 bits per heavy atom. The smallest absolute Gasteiger partial charge is 0.160 e. The summed E-state index contributed by atoms with van der Waals surface area (Å²) in [6, 6.07) is 0. The van der Waals surface area contributed by atoms with Crippen molar-refractivity contribution in [1.29, 1.82) is 0 Å². The number of aryl methyl sites for hydroxylation is 1. The third-order valence-electron chi connectivity index (χ3n) is 2.47. The molecule has 0 aliphatic rings. The normalized spacial score (nSPS) is 11.2. The van der Waals surface area contributed by atoms with Crippen LogP contribution >= 0.6 is 0 Å². The van der Waals surface area contributed by atoms with Crippen molar-refractivity contribution in [2.75, 3.05) is 0 Å². The first kappa shape index (κ1) is 11.1. The Labute approximate surface area is 85.8 Å². The first-order valence-corrected chi connectivity index (χ1v) is 5.34. The van der Waals surface area contributed by atoms with Gasteiger partial charge in [0.15, 0.2) is 5.75 Å². The van der Waals surface area contributed by atoms with Crippen LogP contribution in [0.1, 0.15) is 50.9 Å². The van der Waals surface area contributed by atoms with E-state index in [0.717, 1.165) is 30.8 Å². The summed E-state index contributed by atoms with van der Waals surface area (Å²) in [6.45, 7) is 9.08. The number of rotatable bonds is 4. The highest BCUT2D eigenvalue weighted by Crippen LogP contribution is 2.27. The van der Waals surface area contributed by atoms with E-state index < -0.39 is 0 Å². The van der Waals surface area contributed by atoms with Gasteiger partial charge in [0.05, 0.1) is 5.69 Å². The molecule has 0 amide bonds. The van der Waals surface area contributed by atoms with Crippen LogP contribution in [0.5, 0.6) is 5.75 Å². The van der Waals surface area contributed by atoms with Gasteiger partial charge < -0.3 is 5.11 Å². The summed E-state index contributed by atoms with van der Waals surface area (Å²) in [5.41, 5.74) is 1.71. The first-order valence-electron chi connectivity index (χ1n) is 5.34. The van der Waals surface area contributed by atoms with Gasteiger partial charge in [-0.25, -0.2) is 0 Å². The van der Waals surface area contributed by atoms with Gasteiger partial charge in [-0.05, 0) is 13.3 Å². The lowest BCUT2D eigenvalue weighted by Crippen LogP contribution is -2.02. The fraction of sp³-hybridized carbons (Fsp3) is 0.727. The Balaban J connectivity index is 2.91. The SMILES string of the molecule is CCCCn1nc(C(C)C)c(O)c1C. The fourth-order valence-electron chi connectivity index (χ4n) is 1.47. The van der Waals surface area contributed by atoms with Crippen molar-refractivity contribution in [2.45, 2.75) is 53.0 Å². The van der Waals surface area contributed by atoms with E-state index in [9.17, 15) is 5.11 Å². The second-order valence-corrected chi connectivity index (χ2v) is 4.05. The molecule has 0 unspecified atom stereocenters. The van der Waals surface area contributed by atoms with Crippen molar-refractivity contribution in [1.82, 2.24) is 9.78 Å². The van der Waals surface area contributed by atoms with Crippen molar-refractivity contribution in [3.05, 3.63) is 11.4 Å². The molecule has 3 heteroatoms. The minimum atomic E-state index is 0.288. The third kappa shape index (κ3) is 2.08. The van der Waals surface area contributed by atoms with Crippen molar-refractivity contribution < 1.29 is 5.11 Å². The van der Waals surface area contributed by atoms with Gasteiger partial charge in [-0.2, -0.15) is 5.10 Å². The summed E-state index contributed by atoms with van der Waals surface area (Å²) in [5, 5.41) is 14.2. The summed E-state index contributed by atoms with van der Waals surface area (Å²) >= 11 is 0. The molecule has 1 aromatic heterocycles. The highest BCUT2D eigenvalue weighted by atomic mass is 16.3. The number of aromatic hydroxyl groups is 1. The molecule has 0 radical (unpaired) electrons. The Kier molecular flexibility index (Phi) is 3.55. The van der Waals surface area contributed by atoms with E-state index in [1.165, 1.54) is 0 Å². The zero-order chi connectivity index (χ0) is 10.7. The lowest BCUT2D eigenvalue weighted by atomic mass is 10.1. The molecule has 1 aromatic rings. The summed E-state index contributed by atoms with van der Waals surface area (Å²) in [6.07, 6.45) is 2.26. The van der Waals surface area contributed by atoms with Gasteiger partial charge >= 0.3 is 0 Å². The number of hydrogen-bond donors (Lipinski definition) is 1. The average Bonchev–Trinajstić information content (AvgIpc) is 2.42. The topological polar surface area (TPSA) is 38.0 Å². The summed E-state index contributed by atoms with van der Waals surface area (Å²) in [4.78, 5) is 0. The number of unbranched alkanes of at least 4 members (excludes halogenated alkanes) is 1. The zero-order valence-corrected chi connectivity index (χ0v) is 9.54. The molecule has 0 atom stereocenters. The van der Waals surface area contributed by atoms with Crippen LogP contribution in [0.2, 0.25) is 0 Å². The average molecular weight is 196 g/mol. The van der Waals surface area contributed by atoms with Gasteiger partial charge in [0, 0.05) is 12.5 Å². The second-order valence-electron chi connectivity index (χ2n) is 4.05. The lowest BCUT2D eigenvalue weighted by Gasteiger charge is -2.01. The molecule has 0 saturated carbocycles. The number of nitrogens with zero attached hydrogens (tertiary/aromatic N) is 2. The van der Waals surface area contributed by atoms with Gasteiger partial charge in [-0.3, -0.25) is 4.68 Å². The standard InChI is InChI=1S/C11H20N2O/c1-5-6-7-13-9(4)11(14)10(12-13)8(2)3/h8,14H,5-7H2,1-4H3. The van der Waals surface area contributed by atoms with E-state index in [1.807, 2.05) is 25.5 Å². The molecule has 0 aliphatic heterocycles. The maximum atomic E-state index is 9.80. The molecular formula is C11H20N2O. The second kappa shape index (κ2) is 4.49. The minimum absolute atomic E-state index is 0.288. The van der Waals surface area contributed by atoms with E-state index in [4.69, 9.17) is 0 Å². The van der Waals surface area contributed by atoms with Gasteiger partial charge in [0.1, 0.15) is 5.69 Å². The number of aromatic nitrogens is 2. The van der Waals surface area contributed by atoms with Crippen LogP contribution in [0.25, 0.3) is 0 Å². The first-order chi connectivity index (χ1) is 6.57. The Morgan fingerprint density at radius 2 is 2.07 bits per heavy atom. The fourth-order valence-corrected chi connectivity index (χ4v) is 1.47. The van der Waals surface area contributed by atoms with Gasteiger partial charge in [-0.15, -0.1) is 0 Å². The van der Waals surface area contributed by atoms with E-state index in [0.29, 0.717) is 5.75 Å². The minimum Gasteiger partial charge on any atom is -0.504 e. The lowest BCUT2D eigenvalue weighted by molar-refractivity contribution is 0.458. The van der Waals surface area contributed by atoms with E-state index in [-0.39, 0.29) is 5.92 Å². The molecule has 80 valence electrons. The highest BCUT2D eigenvalue weighted by molar-refractivity contribution is 5.33. The van der Waals surface area contributed by atoms with Gasteiger partial charge in [-0.1, -0.05) is 27.2 Å². The van der Waals surface area contributed by atoms with Crippen molar-refractivity contribution in [3.8, 4) is 5.75 Å². The van der Waals surface area contributed by atoms with Gasteiger partial charge in [0.2, 0.25) is 0 Å². The van der Waals surface area contributed by atoms with Crippen LogP contribution in [0.3, 0.4) is 0 Å². The Morgan fingerprint density at radius 1 is 1.43 bits per heavy atom. The molecular weight excluding hydrogens is 176 g/mol. The van der Waals surface area contributed by atoms with E-state index in [1.54, 1.807) is 0 Å². The monoisotopic (exact) mass is 196 g/mol. The molecule has 0 aromatic carbocycles. The van der Waals surface area contributed by atoms with Crippen LogP contribution in [-0.4, -0.2) is 14.9 Å². The molecule has 3 nitrogen and oxygen atoms in total. The van der Waals surface area contributed by atoms with Crippen LogP contribution in [0, 0.1) is 6.92 Å². The maximum absolute atomic E-state index is 9.80. The molecule has 1 N–H and O–H groups in total. The highest BCUT2D eigenvalue weighted by Gasteiger charge is 2.15. The van der Waals surface area contributed by atoms with E-state index in [2.05, 4.69) is 12.0 Å². The molecule has 0 bridgehead atoms. The molecule has 0 saturated heterocycles. The van der Waals surface area contributed by atoms with E-state index >= 15 is 0 Å². The van der Waals surface area contributed by atoms with Gasteiger partial charge in [0.25, 0.3) is 0 Å². The molecule has 1 heterocycles. The number of hydrogen-bond acceptors (Lipinski definition) is 2. The molecule has 14 heavy (non-hydrogen) atoms. The summed E-state index contributed by atoms with van der Waals surface area (Å²) in [5.74, 6) is 0.660. The predicted octanol–water partition coefficient (Wildman–Crippen LogP) is 2.82. The Hall–Kier alpha value is -0.990. The summed E-state index contributed by atoms with van der Waals surface area (Å²) < 4.78 is 1.91.